The molecule has 1 saturated carbocycles. The van der Waals surface area contributed by atoms with Gasteiger partial charge in [-0.15, -0.1) is 0 Å². The Morgan fingerprint density at radius 3 is 2.44 bits per heavy atom. The summed E-state index contributed by atoms with van der Waals surface area (Å²) in [6.07, 6.45) is 3.58. The Kier molecular flexibility index (Phi) is 9.11. The van der Waals surface area contributed by atoms with E-state index in [0.717, 1.165) is 42.6 Å². The molecule has 6 nitrogen and oxygen atoms in total. The fraction of sp³-hybridized carbons (Fsp3) is 0.500. The normalized spacial score (nSPS) is 20.4. The van der Waals surface area contributed by atoms with Crippen molar-refractivity contribution in [3.05, 3.63) is 65.7 Å². The first-order valence-corrected chi connectivity index (χ1v) is 12.2. The van der Waals surface area contributed by atoms with E-state index in [1.807, 2.05) is 48.5 Å². The zero-order valence-corrected chi connectivity index (χ0v) is 20.6. The zero-order chi connectivity index (χ0) is 24.6. The van der Waals surface area contributed by atoms with E-state index in [9.17, 15) is 9.59 Å². The van der Waals surface area contributed by atoms with Crippen LogP contribution in [0.15, 0.2) is 54.6 Å². The molecule has 3 unspecified atom stereocenters. The molecule has 0 radical (unpaired) electrons. The van der Waals surface area contributed by atoms with Crippen LogP contribution < -0.4 is 15.8 Å². The summed E-state index contributed by atoms with van der Waals surface area (Å²) in [5.74, 6) is 0.828. The third-order valence-corrected chi connectivity index (χ3v) is 6.39. The van der Waals surface area contributed by atoms with Crippen LogP contribution >= 0.6 is 0 Å². The Hall–Kier alpha value is -2.86. The van der Waals surface area contributed by atoms with Crippen LogP contribution in [-0.4, -0.2) is 24.1 Å². The summed E-state index contributed by atoms with van der Waals surface area (Å²) in [4.78, 5) is 25.2. The van der Waals surface area contributed by atoms with Crippen LogP contribution in [0.3, 0.4) is 0 Å². The van der Waals surface area contributed by atoms with Crippen LogP contribution in [0.5, 0.6) is 5.75 Å². The van der Waals surface area contributed by atoms with Gasteiger partial charge in [0.25, 0.3) is 0 Å². The molecule has 3 rings (SSSR count). The van der Waals surface area contributed by atoms with E-state index >= 15 is 0 Å². The lowest BCUT2D eigenvalue weighted by molar-refractivity contribution is -0.128. The third-order valence-electron chi connectivity index (χ3n) is 6.39. The van der Waals surface area contributed by atoms with Gasteiger partial charge in [-0.25, -0.2) is 4.79 Å². The van der Waals surface area contributed by atoms with E-state index in [-0.39, 0.29) is 17.7 Å². The van der Waals surface area contributed by atoms with Crippen LogP contribution in [0.1, 0.15) is 57.6 Å². The Labute approximate surface area is 203 Å². The molecule has 184 valence electrons. The maximum atomic E-state index is 13.0. The molecule has 0 heterocycles. The minimum absolute atomic E-state index is 0.174. The van der Waals surface area contributed by atoms with Crippen molar-refractivity contribution >= 4 is 12.0 Å². The molecule has 2 aromatic carbocycles. The molecule has 1 aliphatic carbocycles. The average molecular weight is 467 g/mol. The first-order chi connectivity index (χ1) is 16.2. The molecular formula is C28H38N2O4. The molecule has 3 atom stereocenters. The minimum atomic E-state index is -0.689. The van der Waals surface area contributed by atoms with Gasteiger partial charge in [0, 0.05) is 5.92 Å². The Morgan fingerprint density at radius 2 is 1.74 bits per heavy atom. The largest absolute Gasteiger partial charge is 0.489 e. The van der Waals surface area contributed by atoms with Gasteiger partial charge < -0.3 is 15.2 Å². The highest BCUT2D eigenvalue weighted by Crippen LogP contribution is 2.37. The van der Waals surface area contributed by atoms with Crippen molar-refractivity contribution in [2.45, 2.75) is 65.1 Å². The number of alkyl carbamates (subject to hydrolysis) is 1. The van der Waals surface area contributed by atoms with Crippen LogP contribution in [0, 0.1) is 17.8 Å². The number of carbonyl (C=O) groups is 2. The number of hydrogen-bond donors (Lipinski definition) is 2. The monoisotopic (exact) mass is 466 g/mol. The summed E-state index contributed by atoms with van der Waals surface area (Å²) in [6, 6.07) is 18.2. The number of hydrogen-bond acceptors (Lipinski definition) is 5. The lowest BCUT2D eigenvalue weighted by Gasteiger charge is -2.35. The molecule has 1 aliphatic rings. The number of para-hydroxylation sites is 1. The number of rotatable bonds is 8. The molecule has 2 amide bonds. The first kappa shape index (κ1) is 25.8. The van der Waals surface area contributed by atoms with Crippen LogP contribution in [0.4, 0.5) is 4.79 Å². The maximum Gasteiger partial charge on any atom is 0.414 e. The highest BCUT2D eigenvalue weighted by atomic mass is 16.6. The SMILES string of the molecule is CC(C)(C)OC(=O)NC(=O)C1CC(CN)CCC1CCc1ccccc1OCc1ccccc1. The summed E-state index contributed by atoms with van der Waals surface area (Å²) in [7, 11) is 0. The fourth-order valence-corrected chi connectivity index (χ4v) is 4.63. The first-order valence-electron chi connectivity index (χ1n) is 12.2. The van der Waals surface area contributed by atoms with Gasteiger partial charge in [-0.2, -0.15) is 0 Å². The number of ether oxygens (including phenoxy) is 2. The molecule has 3 N–H and O–H groups in total. The van der Waals surface area contributed by atoms with E-state index in [0.29, 0.717) is 25.5 Å². The van der Waals surface area contributed by atoms with E-state index in [1.54, 1.807) is 20.8 Å². The molecule has 0 bridgehead atoms. The third kappa shape index (κ3) is 7.87. The van der Waals surface area contributed by atoms with Crippen molar-refractivity contribution in [2.75, 3.05) is 6.54 Å². The van der Waals surface area contributed by atoms with Gasteiger partial charge >= 0.3 is 6.09 Å². The van der Waals surface area contributed by atoms with Gasteiger partial charge in [-0.3, -0.25) is 10.1 Å². The molecule has 1 fully saturated rings. The lowest BCUT2D eigenvalue weighted by Crippen LogP contribution is -2.44. The van der Waals surface area contributed by atoms with Crippen molar-refractivity contribution in [3.8, 4) is 5.75 Å². The van der Waals surface area contributed by atoms with Crippen LogP contribution in [0.25, 0.3) is 0 Å². The van der Waals surface area contributed by atoms with E-state index in [2.05, 4.69) is 11.4 Å². The fourth-order valence-electron chi connectivity index (χ4n) is 4.63. The summed E-state index contributed by atoms with van der Waals surface area (Å²) in [5, 5.41) is 2.46. The minimum Gasteiger partial charge on any atom is -0.489 e. The van der Waals surface area contributed by atoms with E-state index in [4.69, 9.17) is 15.2 Å². The predicted octanol–water partition coefficient (Wildman–Crippen LogP) is 5.24. The standard InChI is InChI=1S/C28H38N2O4/c1-28(2,3)34-27(32)30-26(31)24-17-21(18-29)13-14-22(24)15-16-23-11-7-8-12-25(23)33-19-20-9-5-4-6-10-20/h4-12,21-22,24H,13-19,29H2,1-3H3,(H,30,31,32). The van der Waals surface area contributed by atoms with Crippen LogP contribution in [0.2, 0.25) is 0 Å². The molecule has 0 aromatic heterocycles. The number of nitrogens with one attached hydrogen (secondary N) is 1. The van der Waals surface area contributed by atoms with Crippen molar-refractivity contribution in [1.82, 2.24) is 5.32 Å². The second-order valence-electron chi connectivity index (χ2n) is 10.2. The predicted molar refractivity (Wildman–Crippen MR) is 133 cm³/mol. The quantitative estimate of drug-likeness (QED) is 0.555. The number of benzene rings is 2. The zero-order valence-electron chi connectivity index (χ0n) is 20.6. The number of imide groups is 1. The van der Waals surface area contributed by atoms with E-state index < -0.39 is 11.7 Å². The van der Waals surface area contributed by atoms with Crippen molar-refractivity contribution in [1.29, 1.82) is 0 Å². The average Bonchev–Trinajstić information content (AvgIpc) is 2.81. The molecule has 0 saturated heterocycles. The molecule has 34 heavy (non-hydrogen) atoms. The Morgan fingerprint density at radius 1 is 1.03 bits per heavy atom. The smallest absolute Gasteiger partial charge is 0.414 e. The molecule has 2 aromatic rings. The number of carbonyl (C=O) groups excluding carboxylic acids is 2. The van der Waals surface area contributed by atoms with Crippen molar-refractivity contribution in [3.63, 3.8) is 0 Å². The molecule has 0 aliphatic heterocycles. The van der Waals surface area contributed by atoms with Gasteiger partial charge in [0.1, 0.15) is 18.0 Å². The summed E-state index contributed by atoms with van der Waals surface area (Å²) >= 11 is 0. The van der Waals surface area contributed by atoms with Crippen molar-refractivity contribution in [2.24, 2.45) is 23.5 Å². The number of amides is 2. The topological polar surface area (TPSA) is 90.7 Å². The molecule has 6 heteroatoms. The van der Waals surface area contributed by atoms with Gasteiger partial charge in [0.05, 0.1) is 0 Å². The Balaban J connectivity index is 1.63. The highest BCUT2D eigenvalue weighted by molar-refractivity contribution is 5.93. The van der Waals surface area contributed by atoms with Gasteiger partial charge in [-0.05, 0) is 88.4 Å². The maximum absolute atomic E-state index is 13.0. The highest BCUT2D eigenvalue weighted by Gasteiger charge is 2.36. The summed E-state index contributed by atoms with van der Waals surface area (Å²) in [5.41, 5.74) is 7.52. The van der Waals surface area contributed by atoms with Gasteiger partial charge in [-0.1, -0.05) is 48.5 Å². The molecular weight excluding hydrogens is 428 g/mol. The second kappa shape index (κ2) is 12.0. The second-order valence-corrected chi connectivity index (χ2v) is 10.2. The number of aryl methyl sites for hydroxylation is 1. The number of nitrogens with two attached hydrogens (primary N) is 1. The Bertz CT molecular complexity index is 939. The summed E-state index contributed by atoms with van der Waals surface area (Å²) in [6.45, 7) is 6.41. The lowest BCUT2D eigenvalue weighted by atomic mass is 9.71. The molecule has 0 spiro atoms. The van der Waals surface area contributed by atoms with Gasteiger partial charge in [0.15, 0.2) is 0 Å². The van der Waals surface area contributed by atoms with Gasteiger partial charge in [0.2, 0.25) is 5.91 Å². The van der Waals surface area contributed by atoms with Crippen LogP contribution in [-0.2, 0) is 22.6 Å². The van der Waals surface area contributed by atoms with Crippen molar-refractivity contribution < 1.29 is 19.1 Å². The summed E-state index contributed by atoms with van der Waals surface area (Å²) < 4.78 is 11.4. The van der Waals surface area contributed by atoms with E-state index in [1.165, 1.54) is 0 Å².